The molecule has 0 amide bonds. The van der Waals surface area contributed by atoms with Crippen LogP contribution in [0.4, 0.5) is 0 Å². The van der Waals surface area contributed by atoms with Gasteiger partial charge < -0.3 is 18.9 Å². The average molecular weight is 450 g/mol. The molecule has 162 valence electrons. The minimum absolute atomic E-state index is 0.239. The summed E-state index contributed by atoms with van der Waals surface area (Å²) in [6, 6.07) is 21.2. The number of rotatable bonds is 8. The molecule has 0 saturated carbocycles. The summed E-state index contributed by atoms with van der Waals surface area (Å²) in [7, 11) is 2.99. The zero-order valence-corrected chi connectivity index (χ0v) is 18.3. The Balaban J connectivity index is 1.72. The largest absolute Gasteiger partial charge is 0.493 e. The Hall–Kier alpha value is -3.95. The van der Waals surface area contributed by atoms with Crippen molar-refractivity contribution in [3.63, 3.8) is 0 Å². The maximum Gasteiger partial charge on any atom is 0.349 e. The lowest BCUT2D eigenvalue weighted by Gasteiger charge is -2.12. The van der Waals surface area contributed by atoms with Crippen LogP contribution < -0.4 is 18.9 Å². The van der Waals surface area contributed by atoms with Gasteiger partial charge in [-0.05, 0) is 53.6 Å². The minimum Gasteiger partial charge on any atom is -0.493 e. The molecule has 0 N–H and O–H groups in total. The fraction of sp³-hybridized carbons (Fsp3) is 0.120. The first-order chi connectivity index (χ1) is 15.5. The van der Waals surface area contributed by atoms with Crippen LogP contribution in [0.3, 0.4) is 0 Å². The molecule has 0 atom stereocenters. The predicted octanol–water partition coefficient (Wildman–Crippen LogP) is 5.41. The lowest BCUT2D eigenvalue weighted by atomic mass is 10.0. The number of nitriles is 1. The molecule has 0 aromatic heterocycles. The lowest BCUT2D eigenvalue weighted by Crippen LogP contribution is -2.18. The van der Waals surface area contributed by atoms with Gasteiger partial charge in [0.25, 0.3) is 0 Å². The summed E-state index contributed by atoms with van der Waals surface area (Å²) >= 11 is 5.92. The van der Waals surface area contributed by atoms with Gasteiger partial charge in [0.2, 0.25) is 0 Å². The van der Waals surface area contributed by atoms with E-state index in [-0.39, 0.29) is 12.4 Å². The van der Waals surface area contributed by atoms with Crippen LogP contribution in [0.25, 0.3) is 11.6 Å². The lowest BCUT2D eigenvalue weighted by molar-refractivity contribution is -0.136. The molecule has 0 aliphatic heterocycles. The molecule has 7 heteroatoms. The van der Waals surface area contributed by atoms with Crippen LogP contribution in [0.2, 0.25) is 5.02 Å². The molecule has 0 aliphatic rings. The van der Waals surface area contributed by atoms with Crippen molar-refractivity contribution in [3.8, 4) is 29.1 Å². The third-order valence-corrected chi connectivity index (χ3v) is 4.66. The van der Waals surface area contributed by atoms with Crippen LogP contribution in [-0.4, -0.2) is 26.8 Å². The number of methoxy groups -OCH3 is 2. The van der Waals surface area contributed by atoms with Crippen LogP contribution in [0.5, 0.6) is 23.0 Å². The van der Waals surface area contributed by atoms with Crippen molar-refractivity contribution in [1.29, 1.82) is 5.26 Å². The number of hydrogen-bond donors (Lipinski definition) is 0. The molecule has 3 aromatic rings. The van der Waals surface area contributed by atoms with E-state index in [2.05, 4.69) is 6.07 Å². The van der Waals surface area contributed by atoms with Gasteiger partial charge in [0.1, 0.15) is 0 Å². The molecule has 3 rings (SSSR count). The molecule has 0 fully saturated rings. The van der Waals surface area contributed by atoms with Crippen molar-refractivity contribution < 1.29 is 23.7 Å². The number of benzene rings is 3. The standard InChI is InChI=1S/C25H20ClNO5/c1-29-21-5-3-4-6-22(21)31-16-25(28)32-23-12-7-17(14-24(23)30-2)13-19(15-27)18-8-10-20(26)11-9-18/h3-14H,16H2,1-2H3/b19-13+. The second kappa shape index (κ2) is 10.9. The van der Waals surface area contributed by atoms with Crippen molar-refractivity contribution in [1.82, 2.24) is 0 Å². The molecule has 0 saturated heterocycles. The molecular weight excluding hydrogens is 430 g/mol. The van der Waals surface area contributed by atoms with E-state index in [4.69, 9.17) is 30.5 Å². The second-order valence-electron chi connectivity index (χ2n) is 6.50. The summed E-state index contributed by atoms with van der Waals surface area (Å²) < 4.78 is 21.4. The number of carbonyl (C=O) groups excluding carboxylic acids is 1. The van der Waals surface area contributed by atoms with Crippen molar-refractivity contribution >= 4 is 29.2 Å². The Morgan fingerprint density at radius 2 is 1.62 bits per heavy atom. The van der Waals surface area contributed by atoms with E-state index in [1.807, 2.05) is 0 Å². The highest BCUT2D eigenvalue weighted by Crippen LogP contribution is 2.31. The van der Waals surface area contributed by atoms with E-state index in [9.17, 15) is 10.1 Å². The van der Waals surface area contributed by atoms with Gasteiger partial charge in [0, 0.05) is 5.02 Å². The van der Waals surface area contributed by atoms with Crippen LogP contribution in [0.15, 0.2) is 66.7 Å². The predicted molar refractivity (Wildman–Crippen MR) is 122 cm³/mol. The maximum atomic E-state index is 12.3. The van der Waals surface area contributed by atoms with E-state index >= 15 is 0 Å². The highest BCUT2D eigenvalue weighted by atomic mass is 35.5. The fourth-order valence-electron chi connectivity index (χ4n) is 2.86. The second-order valence-corrected chi connectivity index (χ2v) is 6.94. The average Bonchev–Trinajstić information content (AvgIpc) is 2.82. The summed E-state index contributed by atoms with van der Waals surface area (Å²) in [5.41, 5.74) is 1.90. The molecule has 0 unspecified atom stereocenters. The molecule has 6 nitrogen and oxygen atoms in total. The van der Waals surface area contributed by atoms with Gasteiger partial charge in [-0.1, -0.05) is 41.9 Å². The quantitative estimate of drug-likeness (QED) is 0.198. The maximum absolute atomic E-state index is 12.3. The number of halogens is 1. The normalized spacial score (nSPS) is 10.8. The van der Waals surface area contributed by atoms with E-state index in [0.29, 0.717) is 33.4 Å². The molecular formula is C25H20ClNO5. The van der Waals surface area contributed by atoms with Crippen molar-refractivity contribution in [2.75, 3.05) is 20.8 Å². The van der Waals surface area contributed by atoms with E-state index in [1.54, 1.807) is 72.8 Å². The molecule has 0 aliphatic carbocycles. The summed E-state index contributed by atoms with van der Waals surface area (Å²) in [6.45, 7) is -0.305. The van der Waals surface area contributed by atoms with Crippen LogP contribution in [-0.2, 0) is 4.79 Å². The Kier molecular flexibility index (Phi) is 7.74. The van der Waals surface area contributed by atoms with Gasteiger partial charge in [-0.25, -0.2) is 4.79 Å². The topological polar surface area (TPSA) is 77.8 Å². The van der Waals surface area contributed by atoms with Crippen molar-refractivity contribution in [2.45, 2.75) is 0 Å². The van der Waals surface area contributed by atoms with Gasteiger partial charge in [0.15, 0.2) is 29.6 Å². The molecule has 0 bridgehead atoms. The molecule has 32 heavy (non-hydrogen) atoms. The summed E-state index contributed by atoms with van der Waals surface area (Å²) in [4.78, 5) is 12.3. The number of ether oxygens (including phenoxy) is 4. The number of allylic oxidation sites excluding steroid dienone is 1. The van der Waals surface area contributed by atoms with Gasteiger partial charge >= 0.3 is 5.97 Å². The Bertz CT molecular complexity index is 1170. The minimum atomic E-state index is -0.601. The monoisotopic (exact) mass is 449 g/mol. The Morgan fingerprint density at radius 1 is 0.938 bits per heavy atom. The number of para-hydroxylation sites is 2. The van der Waals surface area contributed by atoms with Gasteiger partial charge in [-0.2, -0.15) is 5.26 Å². The summed E-state index contributed by atoms with van der Waals surface area (Å²) in [6.07, 6.45) is 1.71. The van der Waals surface area contributed by atoms with Crippen molar-refractivity contribution in [2.24, 2.45) is 0 Å². The van der Waals surface area contributed by atoms with Gasteiger partial charge in [0.05, 0.1) is 25.9 Å². The first kappa shape index (κ1) is 22.7. The van der Waals surface area contributed by atoms with Crippen LogP contribution in [0, 0.1) is 11.3 Å². The molecule has 0 heterocycles. The molecule has 0 spiro atoms. The van der Waals surface area contributed by atoms with Crippen molar-refractivity contribution in [3.05, 3.63) is 82.9 Å². The van der Waals surface area contributed by atoms with E-state index in [0.717, 1.165) is 5.56 Å². The van der Waals surface area contributed by atoms with Gasteiger partial charge in [-0.3, -0.25) is 0 Å². The zero-order chi connectivity index (χ0) is 22.9. The smallest absolute Gasteiger partial charge is 0.349 e. The summed E-state index contributed by atoms with van der Waals surface area (Å²) in [5.74, 6) is 0.936. The van der Waals surface area contributed by atoms with Gasteiger partial charge in [-0.15, -0.1) is 0 Å². The van der Waals surface area contributed by atoms with Crippen LogP contribution >= 0.6 is 11.6 Å². The third-order valence-electron chi connectivity index (χ3n) is 4.41. The highest BCUT2D eigenvalue weighted by Gasteiger charge is 2.13. The molecule has 3 aromatic carbocycles. The Labute approximate surface area is 191 Å². The first-order valence-corrected chi connectivity index (χ1v) is 9.94. The number of hydrogen-bond acceptors (Lipinski definition) is 6. The summed E-state index contributed by atoms with van der Waals surface area (Å²) in [5, 5.41) is 10.1. The number of carbonyl (C=O) groups is 1. The number of nitrogens with zero attached hydrogens (tertiary/aromatic N) is 1. The SMILES string of the molecule is COc1ccccc1OCC(=O)Oc1ccc(/C=C(\C#N)c2ccc(Cl)cc2)cc1OC. The Morgan fingerprint density at radius 3 is 2.28 bits per heavy atom. The number of esters is 1. The van der Waals surface area contributed by atoms with E-state index < -0.39 is 5.97 Å². The fourth-order valence-corrected chi connectivity index (χ4v) is 2.99. The van der Waals surface area contributed by atoms with Crippen LogP contribution in [0.1, 0.15) is 11.1 Å². The van der Waals surface area contributed by atoms with E-state index in [1.165, 1.54) is 14.2 Å². The first-order valence-electron chi connectivity index (χ1n) is 9.56. The molecule has 0 radical (unpaired) electrons. The highest BCUT2D eigenvalue weighted by molar-refractivity contribution is 6.30. The zero-order valence-electron chi connectivity index (χ0n) is 17.5. The third kappa shape index (κ3) is 5.81.